The van der Waals surface area contributed by atoms with E-state index in [9.17, 15) is 13.2 Å². The zero-order valence-electron chi connectivity index (χ0n) is 15.2. The fourth-order valence-corrected chi connectivity index (χ4v) is 5.18. The SMILES string of the molecule is Cc1ccc(S(=O)(=O)N2CCN(c3ccc4oc(=O)[nH]c4c3)CC2)c(C)c1. The number of aromatic amines is 1. The summed E-state index contributed by atoms with van der Waals surface area (Å²) in [7, 11) is -3.50. The van der Waals surface area contributed by atoms with Crippen LogP contribution in [0.25, 0.3) is 11.1 Å². The lowest BCUT2D eigenvalue weighted by molar-refractivity contribution is 0.384. The van der Waals surface area contributed by atoms with E-state index in [4.69, 9.17) is 4.42 Å². The summed E-state index contributed by atoms with van der Waals surface area (Å²) in [5, 5.41) is 0. The number of piperazine rings is 1. The molecule has 1 aromatic heterocycles. The van der Waals surface area contributed by atoms with Crippen LogP contribution in [0.5, 0.6) is 0 Å². The van der Waals surface area contributed by atoms with Gasteiger partial charge in [0, 0.05) is 31.9 Å². The summed E-state index contributed by atoms with van der Waals surface area (Å²) in [5.41, 5.74) is 3.90. The van der Waals surface area contributed by atoms with Crippen LogP contribution in [0, 0.1) is 13.8 Å². The van der Waals surface area contributed by atoms with Crippen LogP contribution in [-0.4, -0.2) is 43.9 Å². The molecule has 3 aromatic rings. The Kier molecular flexibility index (Phi) is 4.32. The molecule has 1 aliphatic heterocycles. The minimum Gasteiger partial charge on any atom is -0.408 e. The Morgan fingerprint density at radius 1 is 1.00 bits per heavy atom. The predicted molar refractivity (Wildman–Crippen MR) is 104 cm³/mol. The maximum atomic E-state index is 13.0. The molecule has 1 aliphatic rings. The number of rotatable bonds is 3. The number of hydrogen-bond donors (Lipinski definition) is 1. The summed E-state index contributed by atoms with van der Waals surface area (Å²) in [5.74, 6) is -0.480. The third kappa shape index (κ3) is 3.26. The van der Waals surface area contributed by atoms with Crippen LogP contribution in [0.1, 0.15) is 11.1 Å². The zero-order chi connectivity index (χ0) is 19.2. The van der Waals surface area contributed by atoms with Gasteiger partial charge in [-0.1, -0.05) is 17.7 Å². The first-order chi connectivity index (χ1) is 12.8. The van der Waals surface area contributed by atoms with E-state index in [2.05, 4.69) is 9.88 Å². The highest BCUT2D eigenvalue weighted by atomic mass is 32.2. The number of nitrogens with zero attached hydrogens (tertiary/aromatic N) is 2. The summed E-state index contributed by atoms with van der Waals surface area (Å²) in [4.78, 5) is 16.4. The molecular formula is C19H21N3O4S. The van der Waals surface area contributed by atoms with Crippen molar-refractivity contribution in [3.8, 4) is 0 Å². The van der Waals surface area contributed by atoms with E-state index in [1.165, 1.54) is 0 Å². The van der Waals surface area contributed by atoms with Crippen LogP contribution >= 0.6 is 0 Å². The number of nitrogens with one attached hydrogen (secondary N) is 1. The average molecular weight is 387 g/mol. The number of H-pyrrole nitrogens is 1. The van der Waals surface area contributed by atoms with Crippen LogP contribution in [0.15, 0.2) is 50.5 Å². The maximum Gasteiger partial charge on any atom is 0.417 e. The van der Waals surface area contributed by atoms with Crippen molar-refractivity contribution in [1.82, 2.24) is 9.29 Å². The van der Waals surface area contributed by atoms with Gasteiger partial charge in [-0.3, -0.25) is 4.98 Å². The highest BCUT2D eigenvalue weighted by molar-refractivity contribution is 7.89. The van der Waals surface area contributed by atoms with Gasteiger partial charge >= 0.3 is 5.76 Å². The molecule has 1 N–H and O–H groups in total. The van der Waals surface area contributed by atoms with E-state index in [0.717, 1.165) is 16.8 Å². The largest absolute Gasteiger partial charge is 0.417 e. The third-order valence-corrected chi connectivity index (χ3v) is 7.01. The monoisotopic (exact) mass is 387 g/mol. The van der Waals surface area contributed by atoms with Gasteiger partial charge in [-0.05, 0) is 43.7 Å². The molecule has 1 saturated heterocycles. The molecular weight excluding hydrogens is 366 g/mol. The smallest absolute Gasteiger partial charge is 0.408 e. The number of oxazole rings is 1. The zero-order valence-corrected chi connectivity index (χ0v) is 16.0. The number of aromatic nitrogens is 1. The second kappa shape index (κ2) is 6.54. The first-order valence-electron chi connectivity index (χ1n) is 8.80. The molecule has 7 nitrogen and oxygen atoms in total. The Labute approximate surface area is 157 Å². The fraction of sp³-hybridized carbons (Fsp3) is 0.316. The van der Waals surface area contributed by atoms with Gasteiger partial charge in [0.2, 0.25) is 10.0 Å². The number of fused-ring (bicyclic) bond motifs is 1. The van der Waals surface area contributed by atoms with Crippen LogP contribution in [0.4, 0.5) is 5.69 Å². The van der Waals surface area contributed by atoms with Crippen molar-refractivity contribution in [2.45, 2.75) is 18.7 Å². The van der Waals surface area contributed by atoms with E-state index in [-0.39, 0.29) is 0 Å². The van der Waals surface area contributed by atoms with Gasteiger partial charge in [0.25, 0.3) is 0 Å². The minimum absolute atomic E-state index is 0.374. The lowest BCUT2D eigenvalue weighted by Gasteiger charge is -2.35. The van der Waals surface area contributed by atoms with Crippen molar-refractivity contribution in [2.75, 3.05) is 31.1 Å². The molecule has 0 atom stereocenters. The van der Waals surface area contributed by atoms with Gasteiger partial charge in [0.1, 0.15) is 0 Å². The van der Waals surface area contributed by atoms with Gasteiger partial charge < -0.3 is 9.32 Å². The summed E-state index contributed by atoms with van der Waals surface area (Å²) >= 11 is 0. The summed E-state index contributed by atoms with van der Waals surface area (Å²) in [6.07, 6.45) is 0. The molecule has 2 heterocycles. The minimum atomic E-state index is -3.50. The van der Waals surface area contributed by atoms with Crippen molar-refractivity contribution < 1.29 is 12.8 Å². The first kappa shape index (κ1) is 17.8. The number of anilines is 1. The Morgan fingerprint density at radius 2 is 1.74 bits per heavy atom. The Morgan fingerprint density at radius 3 is 2.44 bits per heavy atom. The van der Waals surface area contributed by atoms with E-state index in [0.29, 0.717) is 42.2 Å². The summed E-state index contributed by atoms with van der Waals surface area (Å²) in [6.45, 7) is 5.77. The van der Waals surface area contributed by atoms with Gasteiger partial charge in [-0.15, -0.1) is 0 Å². The van der Waals surface area contributed by atoms with Crippen LogP contribution in [0.3, 0.4) is 0 Å². The van der Waals surface area contributed by atoms with E-state index in [1.807, 2.05) is 38.1 Å². The molecule has 0 unspecified atom stereocenters. The van der Waals surface area contributed by atoms with E-state index >= 15 is 0 Å². The number of benzene rings is 2. The molecule has 1 fully saturated rings. The van der Waals surface area contributed by atoms with Crippen LogP contribution < -0.4 is 10.7 Å². The van der Waals surface area contributed by atoms with E-state index in [1.54, 1.807) is 16.4 Å². The second-order valence-corrected chi connectivity index (χ2v) is 8.76. The first-order valence-corrected chi connectivity index (χ1v) is 10.2. The number of aryl methyl sites for hydroxylation is 2. The average Bonchev–Trinajstić information content (AvgIpc) is 3.00. The number of sulfonamides is 1. The second-order valence-electron chi connectivity index (χ2n) is 6.86. The molecule has 0 saturated carbocycles. The molecule has 2 aromatic carbocycles. The van der Waals surface area contributed by atoms with Crippen LogP contribution in [0.2, 0.25) is 0 Å². The fourth-order valence-electron chi connectivity index (χ4n) is 3.55. The molecule has 0 spiro atoms. The molecule has 142 valence electrons. The third-order valence-electron chi connectivity index (χ3n) is 4.95. The highest BCUT2D eigenvalue weighted by Gasteiger charge is 2.29. The molecule has 27 heavy (non-hydrogen) atoms. The number of hydrogen-bond acceptors (Lipinski definition) is 5. The summed E-state index contributed by atoms with van der Waals surface area (Å²) < 4.78 is 32.6. The summed E-state index contributed by atoms with van der Waals surface area (Å²) in [6, 6.07) is 10.9. The van der Waals surface area contributed by atoms with Gasteiger partial charge in [-0.25, -0.2) is 13.2 Å². The normalized spacial score (nSPS) is 16.1. The molecule has 4 rings (SSSR count). The van der Waals surface area contributed by atoms with Gasteiger partial charge in [0.15, 0.2) is 5.58 Å². The molecule has 0 radical (unpaired) electrons. The Hall–Kier alpha value is -2.58. The van der Waals surface area contributed by atoms with Crippen molar-refractivity contribution in [1.29, 1.82) is 0 Å². The van der Waals surface area contributed by atoms with Crippen molar-refractivity contribution in [3.05, 3.63) is 58.1 Å². The van der Waals surface area contributed by atoms with Crippen molar-refractivity contribution >= 4 is 26.8 Å². The molecule has 0 aliphatic carbocycles. The van der Waals surface area contributed by atoms with E-state index < -0.39 is 15.8 Å². The van der Waals surface area contributed by atoms with Gasteiger partial charge in [-0.2, -0.15) is 4.31 Å². The standard InChI is InChI=1S/C19H21N3O4S/c1-13-3-6-18(14(2)11-13)27(24,25)22-9-7-21(8-10-22)15-4-5-17-16(12-15)20-19(23)26-17/h3-6,11-12H,7-10H2,1-2H3,(H,20,23). The van der Waals surface area contributed by atoms with Crippen molar-refractivity contribution in [2.24, 2.45) is 0 Å². The van der Waals surface area contributed by atoms with Crippen molar-refractivity contribution in [3.63, 3.8) is 0 Å². The van der Waals surface area contributed by atoms with Gasteiger partial charge in [0.05, 0.1) is 10.4 Å². The topological polar surface area (TPSA) is 86.6 Å². The molecule has 8 heteroatoms. The van der Waals surface area contributed by atoms with Crippen LogP contribution in [-0.2, 0) is 10.0 Å². The Balaban J connectivity index is 1.53. The quantitative estimate of drug-likeness (QED) is 0.745. The Bertz CT molecular complexity index is 1160. The predicted octanol–water partition coefficient (Wildman–Crippen LogP) is 2.25. The molecule has 0 bridgehead atoms. The maximum absolute atomic E-state index is 13.0. The highest BCUT2D eigenvalue weighted by Crippen LogP contribution is 2.25. The molecule has 0 amide bonds. The lowest BCUT2D eigenvalue weighted by atomic mass is 10.2. The lowest BCUT2D eigenvalue weighted by Crippen LogP contribution is -2.48.